The molecule has 2 aromatic carbocycles. The molecule has 4 heteroatoms. The van der Waals surface area contributed by atoms with E-state index in [2.05, 4.69) is 16.1 Å². The van der Waals surface area contributed by atoms with Crippen LogP contribution in [0.25, 0.3) is 5.70 Å². The van der Waals surface area contributed by atoms with Crippen molar-refractivity contribution in [3.8, 4) is 5.75 Å². The maximum absolute atomic E-state index is 15.7. The number of hydrogen-bond donors (Lipinski definition) is 0. The summed E-state index contributed by atoms with van der Waals surface area (Å²) in [6.45, 7) is 0.351. The number of hydrogen-bond acceptors (Lipinski definition) is 3. The Balaban J connectivity index is 1.52. The first-order valence-electron chi connectivity index (χ1n) is 10.3. The van der Waals surface area contributed by atoms with E-state index in [0.29, 0.717) is 35.4 Å². The molecule has 29 heavy (non-hydrogen) atoms. The van der Waals surface area contributed by atoms with Crippen molar-refractivity contribution in [3.63, 3.8) is 0 Å². The van der Waals surface area contributed by atoms with E-state index in [-0.39, 0.29) is 5.82 Å². The second kappa shape index (κ2) is 7.78. The van der Waals surface area contributed by atoms with Gasteiger partial charge in [-0.2, -0.15) is 0 Å². The van der Waals surface area contributed by atoms with Gasteiger partial charge in [0.1, 0.15) is 6.61 Å². The van der Waals surface area contributed by atoms with E-state index in [0.717, 1.165) is 36.0 Å². The second-order valence-corrected chi connectivity index (χ2v) is 7.77. The van der Waals surface area contributed by atoms with Crippen LogP contribution < -0.4 is 4.74 Å². The average Bonchev–Trinajstić information content (AvgIpc) is 3.43. The van der Waals surface area contributed by atoms with Crippen molar-refractivity contribution in [1.29, 1.82) is 0 Å². The normalized spacial score (nSPS) is 18.3. The van der Waals surface area contributed by atoms with Gasteiger partial charge < -0.3 is 4.74 Å². The Bertz CT molecular complexity index is 1040. The Kier molecular flexibility index (Phi) is 4.84. The Morgan fingerprint density at radius 3 is 2.66 bits per heavy atom. The first-order chi connectivity index (χ1) is 14.3. The molecule has 0 atom stereocenters. The van der Waals surface area contributed by atoms with Crippen LogP contribution >= 0.6 is 0 Å². The van der Waals surface area contributed by atoms with Crippen LogP contribution in [-0.2, 0) is 6.61 Å². The van der Waals surface area contributed by atoms with Gasteiger partial charge >= 0.3 is 0 Å². The van der Waals surface area contributed by atoms with E-state index in [4.69, 9.17) is 4.74 Å². The first kappa shape index (κ1) is 18.0. The highest BCUT2D eigenvalue weighted by atomic mass is 19.1. The van der Waals surface area contributed by atoms with Gasteiger partial charge in [0.05, 0.1) is 5.70 Å². The van der Waals surface area contributed by atoms with E-state index < -0.39 is 0 Å². The summed E-state index contributed by atoms with van der Waals surface area (Å²) in [6.07, 6.45) is 11.2. The molecule has 2 aliphatic heterocycles. The fourth-order valence-electron chi connectivity index (χ4n) is 4.34. The zero-order chi connectivity index (χ0) is 19.6. The number of halogens is 1. The summed E-state index contributed by atoms with van der Waals surface area (Å²) >= 11 is 0. The lowest BCUT2D eigenvalue weighted by atomic mass is 9.94. The van der Waals surface area contributed by atoms with Crippen LogP contribution in [0.3, 0.4) is 0 Å². The van der Waals surface area contributed by atoms with E-state index in [1.54, 1.807) is 0 Å². The topological polar surface area (TPSA) is 34.0 Å². The summed E-state index contributed by atoms with van der Waals surface area (Å²) in [7, 11) is 0. The predicted molar refractivity (Wildman–Crippen MR) is 115 cm³/mol. The standard InChI is InChI=1S/C25H23FN2O/c26-23-21(22-15-19-11-6-14-27-25(19)28-22)13-12-20(18-9-4-5-10-18)24(23)29-16-17-7-2-1-3-8-17/h1-3,7-8,11-15,18H,4-6,9-10,16H2. The first-order valence-corrected chi connectivity index (χ1v) is 10.3. The average molecular weight is 386 g/mol. The van der Waals surface area contributed by atoms with Crippen LogP contribution in [0.15, 0.2) is 70.2 Å². The van der Waals surface area contributed by atoms with Crippen molar-refractivity contribution in [2.45, 2.75) is 44.6 Å². The molecule has 0 aromatic heterocycles. The van der Waals surface area contributed by atoms with Gasteiger partial charge in [0, 0.05) is 29.3 Å². The number of amidine groups is 1. The molecule has 1 aliphatic carbocycles. The van der Waals surface area contributed by atoms with Crippen LogP contribution in [0.4, 0.5) is 4.39 Å². The molecule has 2 aromatic rings. The number of benzene rings is 2. The number of allylic oxidation sites excluding steroid dienone is 1. The van der Waals surface area contributed by atoms with Gasteiger partial charge in [0.2, 0.25) is 0 Å². The zero-order valence-corrected chi connectivity index (χ0v) is 16.3. The molecule has 0 unspecified atom stereocenters. The molecular weight excluding hydrogens is 363 g/mol. The molecule has 3 aliphatic rings. The summed E-state index contributed by atoms with van der Waals surface area (Å²) in [4.78, 5) is 8.87. The molecule has 1 fully saturated rings. The third kappa shape index (κ3) is 3.55. The minimum atomic E-state index is -0.316. The van der Waals surface area contributed by atoms with Crippen molar-refractivity contribution in [2.75, 3.05) is 0 Å². The maximum atomic E-state index is 15.7. The molecule has 2 heterocycles. The van der Waals surface area contributed by atoms with Gasteiger partial charge in [-0.1, -0.05) is 55.3 Å². The van der Waals surface area contributed by atoms with Crippen molar-refractivity contribution in [2.24, 2.45) is 9.98 Å². The van der Waals surface area contributed by atoms with Crippen LogP contribution in [0.1, 0.15) is 54.7 Å². The lowest BCUT2D eigenvalue weighted by Gasteiger charge is -2.19. The smallest absolute Gasteiger partial charge is 0.174 e. The summed E-state index contributed by atoms with van der Waals surface area (Å²) in [5.74, 6) is 1.09. The van der Waals surface area contributed by atoms with Gasteiger partial charge in [0.15, 0.2) is 17.4 Å². The lowest BCUT2D eigenvalue weighted by molar-refractivity contribution is 0.284. The van der Waals surface area contributed by atoms with E-state index in [9.17, 15) is 0 Å². The molecule has 3 nitrogen and oxygen atoms in total. The van der Waals surface area contributed by atoms with E-state index >= 15 is 4.39 Å². The van der Waals surface area contributed by atoms with Gasteiger partial charge in [-0.25, -0.2) is 14.4 Å². The quantitative estimate of drug-likeness (QED) is 0.601. The van der Waals surface area contributed by atoms with Crippen LogP contribution in [-0.4, -0.2) is 12.1 Å². The van der Waals surface area contributed by atoms with E-state index in [1.807, 2.05) is 54.8 Å². The van der Waals surface area contributed by atoms with Crippen LogP contribution in [0, 0.1) is 5.82 Å². The van der Waals surface area contributed by atoms with Crippen molar-refractivity contribution in [3.05, 3.63) is 82.7 Å². The summed E-state index contributed by atoms with van der Waals surface area (Å²) in [5, 5.41) is 0. The number of aliphatic imine (C=N–C) groups is 2. The largest absolute Gasteiger partial charge is 0.486 e. The predicted octanol–water partition coefficient (Wildman–Crippen LogP) is 6.22. The molecule has 0 amide bonds. The molecule has 5 rings (SSSR count). The monoisotopic (exact) mass is 386 g/mol. The third-order valence-corrected chi connectivity index (χ3v) is 5.86. The molecule has 1 saturated carbocycles. The Hall–Kier alpha value is -3.01. The molecule has 0 saturated heterocycles. The second-order valence-electron chi connectivity index (χ2n) is 7.77. The highest BCUT2D eigenvalue weighted by Crippen LogP contribution is 2.42. The van der Waals surface area contributed by atoms with Gasteiger partial charge in [-0.05, 0) is 36.5 Å². The fourth-order valence-corrected chi connectivity index (χ4v) is 4.34. The number of nitrogens with zero attached hydrogens (tertiary/aromatic N) is 2. The Morgan fingerprint density at radius 1 is 1.03 bits per heavy atom. The molecule has 0 spiro atoms. The minimum absolute atomic E-state index is 0.316. The number of fused-ring (bicyclic) bond motifs is 1. The Morgan fingerprint density at radius 2 is 1.86 bits per heavy atom. The summed E-state index contributed by atoms with van der Waals surface area (Å²) < 4.78 is 21.8. The fraction of sp³-hybridized carbons (Fsp3) is 0.280. The van der Waals surface area contributed by atoms with E-state index in [1.165, 1.54) is 12.8 Å². The van der Waals surface area contributed by atoms with Crippen molar-refractivity contribution in [1.82, 2.24) is 0 Å². The Labute approximate surface area is 170 Å². The SMILES string of the molecule is Fc1c(C2=CC3=CCC=NC3=N2)ccc(C2CCCC2)c1OCc1ccccc1. The number of rotatable bonds is 5. The zero-order valence-electron chi connectivity index (χ0n) is 16.3. The molecular formula is C25H23FN2O. The molecule has 0 bridgehead atoms. The van der Waals surface area contributed by atoms with Gasteiger partial charge in [0.25, 0.3) is 0 Å². The highest BCUT2D eigenvalue weighted by molar-refractivity contribution is 6.13. The van der Waals surface area contributed by atoms with Crippen molar-refractivity contribution >= 4 is 17.7 Å². The molecule has 0 radical (unpaired) electrons. The van der Waals surface area contributed by atoms with Crippen molar-refractivity contribution < 1.29 is 9.13 Å². The number of ether oxygens (including phenoxy) is 1. The highest BCUT2D eigenvalue weighted by Gasteiger charge is 2.27. The third-order valence-electron chi connectivity index (χ3n) is 5.86. The van der Waals surface area contributed by atoms with Crippen LogP contribution in [0.5, 0.6) is 5.75 Å². The minimum Gasteiger partial charge on any atom is -0.486 e. The molecule has 146 valence electrons. The van der Waals surface area contributed by atoms with Crippen LogP contribution in [0.2, 0.25) is 0 Å². The van der Waals surface area contributed by atoms with Gasteiger partial charge in [-0.15, -0.1) is 0 Å². The summed E-state index contributed by atoms with van der Waals surface area (Å²) in [6, 6.07) is 13.8. The van der Waals surface area contributed by atoms with Gasteiger partial charge in [-0.3, -0.25) is 0 Å². The molecule has 0 N–H and O–H groups in total. The number of dihydropyridines is 1. The lowest BCUT2D eigenvalue weighted by Crippen LogP contribution is -2.05. The maximum Gasteiger partial charge on any atom is 0.174 e. The summed E-state index contributed by atoms with van der Waals surface area (Å²) in [5.41, 5.74) is 4.08.